The first-order valence-electron chi connectivity index (χ1n) is 14.7. The van der Waals surface area contributed by atoms with Crippen molar-refractivity contribution in [2.75, 3.05) is 13.1 Å². The number of likely N-dealkylation sites (tertiary alicyclic amines) is 1. The predicted molar refractivity (Wildman–Crippen MR) is 166 cm³/mol. The summed E-state index contributed by atoms with van der Waals surface area (Å²) in [5.74, 6) is -2.75. The lowest BCUT2D eigenvalue weighted by molar-refractivity contribution is -0.149. The van der Waals surface area contributed by atoms with Crippen LogP contribution in [0.5, 0.6) is 0 Å². The molecule has 1 aliphatic heterocycles. The molecule has 1 fully saturated rings. The van der Waals surface area contributed by atoms with E-state index in [1.54, 1.807) is 6.20 Å². The van der Waals surface area contributed by atoms with Crippen molar-refractivity contribution in [2.24, 2.45) is 22.2 Å². The average Bonchev–Trinajstić information content (AvgIpc) is 3.66. The van der Waals surface area contributed by atoms with Crippen LogP contribution in [-0.2, 0) is 32.0 Å². The van der Waals surface area contributed by atoms with Crippen LogP contribution >= 0.6 is 0 Å². The van der Waals surface area contributed by atoms with Crippen LogP contribution in [0.1, 0.15) is 36.8 Å². The molecule has 2 aromatic carbocycles. The third-order valence-electron chi connectivity index (χ3n) is 7.75. The average molecular weight is 605 g/mol. The van der Waals surface area contributed by atoms with Gasteiger partial charge >= 0.3 is 5.97 Å². The fourth-order valence-corrected chi connectivity index (χ4v) is 5.47. The summed E-state index contributed by atoms with van der Waals surface area (Å²) in [5.41, 5.74) is 19.3. The molecule has 1 saturated heterocycles. The number of nitrogens with two attached hydrogens (primary N) is 3. The van der Waals surface area contributed by atoms with E-state index < -0.39 is 47.9 Å². The van der Waals surface area contributed by atoms with E-state index in [2.05, 4.69) is 20.6 Å². The normalized spacial score (nSPS) is 16.6. The highest BCUT2D eigenvalue weighted by Crippen LogP contribution is 2.23. The predicted octanol–water partition coefficient (Wildman–Crippen LogP) is 0.379. The number of carboxylic acid groups (broad SMARTS) is 1. The summed E-state index contributed by atoms with van der Waals surface area (Å²) in [6.45, 7) is 0.581. The molecule has 10 N–H and O–H groups in total. The Morgan fingerprint density at radius 3 is 2.41 bits per heavy atom. The molecule has 0 saturated carbocycles. The van der Waals surface area contributed by atoms with Crippen molar-refractivity contribution in [1.82, 2.24) is 20.5 Å². The van der Waals surface area contributed by atoms with Crippen molar-refractivity contribution in [1.29, 1.82) is 0 Å². The van der Waals surface area contributed by atoms with Gasteiger partial charge in [-0.2, -0.15) is 0 Å². The van der Waals surface area contributed by atoms with E-state index in [0.29, 0.717) is 25.8 Å². The summed E-state index contributed by atoms with van der Waals surface area (Å²) in [6, 6.07) is 12.7. The fraction of sp³-hybridized carbons (Fsp3) is 0.387. The first-order chi connectivity index (χ1) is 21.1. The maximum atomic E-state index is 13.9. The molecule has 0 bridgehead atoms. The summed E-state index contributed by atoms with van der Waals surface area (Å²) in [4.78, 5) is 61.1. The highest BCUT2D eigenvalue weighted by Gasteiger charge is 2.38. The molecule has 0 radical (unpaired) electrons. The standard InChI is InChI=1S/C31H40N8O5/c32-22(11-6-14-35-31(33)34)27(40)37-24(16-19-8-2-1-3-9-19)28(41)38-25(29(42)39-15-7-13-26(39)30(43)44)17-20-18-36-23-12-5-4-10-21(20)23/h1-5,8-10,12,18,22,24-26,36H,6-7,11,13-17,32H2,(H,37,40)(H,38,41)(H,43,44)(H4,33,34,35). The third-order valence-corrected chi connectivity index (χ3v) is 7.75. The lowest BCUT2D eigenvalue weighted by atomic mass is 10.0. The number of guanidine groups is 1. The number of amides is 3. The zero-order valence-electron chi connectivity index (χ0n) is 24.4. The minimum atomic E-state index is -1.09. The lowest BCUT2D eigenvalue weighted by Crippen LogP contribution is -2.58. The van der Waals surface area contributed by atoms with Gasteiger partial charge < -0.3 is 42.8 Å². The quantitative estimate of drug-likeness (QED) is 0.0772. The number of aliphatic imine (C=N–C) groups is 1. The van der Waals surface area contributed by atoms with E-state index in [9.17, 15) is 24.3 Å². The van der Waals surface area contributed by atoms with E-state index in [1.165, 1.54) is 4.90 Å². The molecule has 13 nitrogen and oxygen atoms in total. The summed E-state index contributed by atoms with van der Waals surface area (Å²) in [7, 11) is 0. The van der Waals surface area contributed by atoms with Gasteiger partial charge in [-0.25, -0.2) is 4.79 Å². The first-order valence-corrected chi connectivity index (χ1v) is 14.7. The molecule has 0 aliphatic carbocycles. The van der Waals surface area contributed by atoms with Gasteiger partial charge in [-0.3, -0.25) is 19.4 Å². The molecule has 2 heterocycles. The maximum Gasteiger partial charge on any atom is 0.326 e. The maximum absolute atomic E-state index is 13.9. The number of fused-ring (bicyclic) bond motifs is 1. The van der Waals surface area contributed by atoms with Gasteiger partial charge in [0.1, 0.15) is 18.1 Å². The number of carbonyl (C=O) groups excluding carboxylic acids is 3. The molecule has 234 valence electrons. The minimum Gasteiger partial charge on any atom is -0.480 e. The second-order valence-corrected chi connectivity index (χ2v) is 11.0. The van der Waals surface area contributed by atoms with Crippen molar-refractivity contribution >= 4 is 40.6 Å². The summed E-state index contributed by atoms with van der Waals surface area (Å²) in [5, 5.41) is 16.2. The Labute approximate surface area is 255 Å². The zero-order valence-corrected chi connectivity index (χ0v) is 24.4. The topological polar surface area (TPSA) is 222 Å². The SMILES string of the molecule is NC(N)=NCCCC(N)C(=O)NC(Cc1ccccc1)C(=O)NC(Cc1c[nH]c2ccccc12)C(=O)N1CCCC1C(=O)O. The fourth-order valence-electron chi connectivity index (χ4n) is 5.47. The molecule has 0 spiro atoms. The van der Waals surface area contributed by atoms with E-state index in [1.807, 2.05) is 54.6 Å². The number of para-hydroxylation sites is 1. The van der Waals surface area contributed by atoms with Crippen LogP contribution in [0.15, 0.2) is 65.8 Å². The summed E-state index contributed by atoms with van der Waals surface area (Å²) in [6.07, 6.45) is 3.68. The number of benzene rings is 2. The van der Waals surface area contributed by atoms with E-state index in [4.69, 9.17) is 17.2 Å². The number of rotatable bonds is 14. The largest absolute Gasteiger partial charge is 0.480 e. The van der Waals surface area contributed by atoms with Crippen molar-refractivity contribution in [3.8, 4) is 0 Å². The molecule has 3 amide bonds. The Kier molecular flexibility index (Phi) is 10.9. The van der Waals surface area contributed by atoms with Gasteiger partial charge in [0.05, 0.1) is 6.04 Å². The van der Waals surface area contributed by atoms with Crippen molar-refractivity contribution in [3.63, 3.8) is 0 Å². The summed E-state index contributed by atoms with van der Waals surface area (Å²) < 4.78 is 0. The second-order valence-electron chi connectivity index (χ2n) is 11.0. The molecule has 44 heavy (non-hydrogen) atoms. The van der Waals surface area contributed by atoms with Crippen molar-refractivity contribution in [3.05, 3.63) is 71.9 Å². The van der Waals surface area contributed by atoms with Gasteiger partial charge in [0.25, 0.3) is 0 Å². The van der Waals surface area contributed by atoms with Crippen LogP contribution in [0.25, 0.3) is 10.9 Å². The first kappa shape index (κ1) is 32.0. The number of hydrogen-bond acceptors (Lipinski definition) is 6. The van der Waals surface area contributed by atoms with Gasteiger partial charge in [0.15, 0.2) is 5.96 Å². The van der Waals surface area contributed by atoms with Crippen LogP contribution in [0.2, 0.25) is 0 Å². The van der Waals surface area contributed by atoms with Crippen LogP contribution in [0.4, 0.5) is 0 Å². The Hall–Kier alpha value is -4.91. The highest BCUT2D eigenvalue weighted by atomic mass is 16.4. The lowest BCUT2D eigenvalue weighted by Gasteiger charge is -2.29. The number of carbonyl (C=O) groups is 4. The van der Waals surface area contributed by atoms with Gasteiger partial charge in [0, 0.05) is 43.0 Å². The number of aromatic nitrogens is 1. The third kappa shape index (κ3) is 8.34. The number of hydrogen-bond donors (Lipinski definition) is 7. The monoisotopic (exact) mass is 604 g/mol. The van der Waals surface area contributed by atoms with E-state index >= 15 is 0 Å². The Morgan fingerprint density at radius 1 is 0.977 bits per heavy atom. The van der Waals surface area contributed by atoms with Crippen LogP contribution in [0, 0.1) is 0 Å². The Morgan fingerprint density at radius 2 is 1.68 bits per heavy atom. The van der Waals surface area contributed by atoms with Crippen LogP contribution in [-0.4, -0.2) is 81.9 Å². The highest BCUT2D eigenvalue weighted by molar-refractivity contribution is 5.95. The molecule has 4 atom stereocenters. The number of H-pyrrole nitrogens is 1. The van der Waals surface area contributed by atoms with Crippen LogP contribution < -0.4 is 27.8 Å². The van der Waals surface area contributed by atoms with E-state index in [0.717, 1.165) is 22.0 Å². The van der Waals surface area contributed by atoms with Gasteiger partial charge in [-0.1, -0.05) is 48.5 Å². The van der Waals surface area contributed by atoms with E-state index in [-0.39, 0.29) is 31.8 Å². The molecule has 13 heteroatoms. The second kappa shape index (κ2) is 15.0. The Balaban J connectivity index is 1.56. The van der Waals surface area contributed by atoms with Gasteiger partial charge in [-0.15, -0.1) is 0 Å². The smallest absolute Gasteiger partial charge is 0.326 e. The summed E-state index contributed by atoms with van der Waals surface area (Å²) >= 11 is 0. The number of aliphatic carboxylic acids is 1. The van der Waals surface area contributed by atoms with Crippen molar-refractivity contribution in [2.45, 2.75) is 62.7 Å². The molecule has 4 unspecified atom stereocenters. The van der Waals surface area contributed by atoms with Crippen molar-refractivity contribution < 1.29 is 24.3 Å². The number of aromatic amines is 1. The Bertz CT molecular complexity index is 1490. The zero-order chi connectivity index (χ0) is 31.6. The molecule has 1 aliphatic rings. The molecule has 3 aromatic rings. The molecular formula is C31H40N8O5. The number of carboxylic acids is 1. The van der Waals surface area contributed by atoms with Gasteiger partial charge in [0.2, 0.25) is 17.7 Å². The molecule has 1 aromatic heterocycles. The number of nitrogens with zero attached hydrogens (tertiary/aromatic N) is 2. The van der Waals surface area contributed by atoms with Crippen LogP contribution in [0.3, 0.4) is 0 Å². The minimum absolute atomic E-state index is 0.0528. The number of nitrogens with one attached hydrogen (secondary N) is 3. The molecule has 4 rings (SSSR count). The molecular weight excluding hydrogens is 564 g/mol. The van der Waals surface area contributed by atoms with Gasteiger partial charge in [-0.05, 0) is 42.9 Å².